The number of hydrogen-bond donors (Lipinski definition) is 2. The lowest BCUT2D eigenvalue weighted by Gasteiger charge is -2.45. The molecule has 1 amide bonds. The van der Waals surface area contributed by atoms with Gasteiger partial charge < -0.3 is 34.7 Å². The van der Waals surface area contributed by atoms with Crippen LogP contribution in [0.15, 0.2) is 23.1 Å². The molecule has 0 aliphatic carbocycles. The number of hydrogen-bond acceptors (Lipinski definition) is 8. The van der Waals surface area contributed by atoms with Crippen LogP contribution in [0.1, 0.15) is 35.3 Å². The number of aryl methyl sites for hydroxylation is 1. The van der Waals surface area contributed by atoms with Gasteiger partial charge in [-0.25, -0.2) is 18.4 Å². The number of nitrogen functional groups attached to an aromatic ring is 1. The number of carboxylic acids is 1. The number of carboxylic acid groups (broad SMARTS) is 1. The Labute approximate surface area is 237 Å². The zero-order valence-corrected chi connectivity index (χ0v) is 23.3. The van der Waals surface area contributed by atoms with Crippen molar-refractivity contribution in [2.24, 2.45) is 0 Å². The largest absolute Gasteiger partial charge is 0.477 e. The van der Waals surface area contributed by atoms with Gasteiger partial charge in [-0.3, -0.25) is 9.59 Å². The zero-order chi connectivity index (χ0) is 30.3. The van der Waals surface area contributed by atoms with E-state index in [0.717, 1.165) is 19.2 Å². The highest BCUT2D eigenvalue weighted by atomic mass is 35.5. The summed E-state index contributed by atoms with van der Waals surface area (Å²) in [7, 11) is 1.55. The maximum absolute atomic E-state index is 15.9. The Morgan fingerprint density at radius 2 is 1.88 bits per heavy atom. The highest BCUT2D eigenvalue weighted by Gasteiger charge is 2.37. The van der Waals surface area contributed by atoms with Crippen molar-refractivity contribution in [3.8, 4) is 5.69 Å². The van der Waals surface area contributed by atoms with E-state index in [4.69, 9.17) is 26.8 Å². The Bertz CT molecular complexity index is 1650. The van der Waals surface area contributed by atoms with E-state index in [1.807, 2.05) is 0 Å². The first-order valence-electron chi connectivity index (χ1n) is 12.4. The highest BCUT2D eigenvalue weighted by molar-refractivity contribution is 6.38. The summed E-state index contributed by atoms with van der Waals surface area (Å²) in [6.07, 6.45) is 0.444. The van der Waals surface area contributed by atoms with Gasteiger partial charge in [-0.2, -0.15) is 0 Å². The minimum atomic E-state index is -1.59. The Balaban J connectivity index is 1.98. The van der Waals surface area contributed by atoms with Crippen LogP contribution >= 0.6 is 11.6 Å². The van der Waals surface area contributed by atoms with Gasteiger partial charge in [0.2, 0.25) is 5.43 Å². The first kappa shape index (κ1) is 29.6. The lowest BCUT2D eigenvalue weighted by Crippen LogP contribution is -2.60. The van der Waals surface area contributed by atoms with Crippen LogP contribution in [0.4, 0.5) is 25.0 Å². The SMILES string of the molecule is CCOC(=O)N(C)C1CN(c2c(F)c(C)c3c(=O)c(C(=O)O)cn(-c4cc(N)c(F)cc4COC(C)=O)c3c2Cl)C1. The molecule has 14 heteroatoms. The Hall–Kier alpha value is -4.39. The maximum atomic E-state index is 15.9. The molecular weight excluding hydrogens is 566 g/mol. The quantitative estimate of drug-likeness (QED) is 0.309. The summed E-state index contributed by atoms with van der Waals surface area (Å²) in [5.41, 5.74) is 3.66. The highest BCUT2D eigenvalue weighted by Crippen LogP contribution is 2.41. The van der Waals surface area contributed by atoms with Crippen molar-refractivity contribution in [3.63, 3.8) is 0 Å². The molecule has 1 saturated heterocycles. The third kappa shape index (κ3) is 5.24. The number of nitrogens with zero attached hydrogens (tertiary/aromatic N) is 3. The molecule has 0 spiro atoms. The number of amides is 1. The fourth-order valence-corrected chi connectivity index (χ4v) is 5.08. The number of ether oxygens (including phenoxy) is 2. The molecular formula is C27H27ClF2N4O7. The summed E-state index contributed by atoms with van der Waals surface area (Å²) < 4.78 is 41.6. The number of carbonyl (C=O) groups excluding carboxylic acids is 2. The van der Waals surface area contributed by atoms with Crippen LogP contribution in [0.2, 0.25) is 5.02 Å². The summed E-state index contributed by atoms with van der Waals surface area (Å²) >= 11 is 6.79. The number of likely N-dealkylation sites (N-methyl/N-ethyl adjacent to an activating group) is 1. The van der Waals surface area contributed by atoms with Gasteiger partial charge >= 0.3 is 18.0 Å². The fourth-order valence-electron chi connectivity index (χ4n) is 4.69. The van der Waals surface area contributed by atoms with E-state index >= 15 is 4.39 Å². The van der Waals surface area contributed by atoms with Gasteiger partial charge in [-0.05, 0) is 26.0 Å². The second-order valence-corrected chi connectivity index (χ2v) is 9.90. The molecule has 0 bridgehead atoms. The molecule has 2 aromatic carbocycles. The smallest absolute Gasteiger partial charge is 0.409 e. The Morgan fingerprint density at radius 1 is 1.22 bits per heavy atom. The maximum Gasteiger partial charge on any atom is 0.409 e. The second kappa shape index (κ2) is 11.2. The number of esters is 1. The zero-order valence-electron chi connectivity index (χ0n) is 22.6. The first-order chi connectivity index (χ1) is 19.3. The molecule has 1 aromatic heterocycles. The topological polar surface area (TPSA) is 144 Å². The van der Waals surface area contributed by atoms with Crippen LogP contribution in [0.3, 0.4) is 0 Å². The predicted molar refractivity (Wildman–Crippen MR) is 147 cm³/mol. The molecule has 11 nitrogen and oxygen atoms in total. The van der Waals surface area contributed by atoms with Crippen LogP contribution in [-0.4, -0.2) is 65.4 Å². The number of carbonyl (C=O) groups is 3. The average Bonchev–Trinajstić information content (AvgIpc) is 2.88. The molecule has 3 N–H and O–H groups in total. The lowest BCUT2D eigenvalue weighted by atomic mass is 10.00. The molecule has 4 rings (SSSR count). The number of aromatic carboxylic acids is 1. The van der Waals surface area contributed by atoms with E-state index in [-0.39, 0.29) is 69.9 Å². The van der Waals surface area contributed by atoms with E-state index in [0.29, 0.717) is 0 Å². The van der Waals surface area contributed by atoms with Gasteiger partial charge in [-0.15, -0.1) is 0 Å². The molecule has 1 aliphatic heterocycles. The number of aromatic nitrogens is 1. The summed E-state index contributed by atoms with van der Waals surface area (Å²) in [6.45, 7) is 4.29. The van der Waals surface area contributed by atoms with Crippen molar-refractivity contribution in [1.82, 2.24) is 9.47 Å². The van der Waals surface area contributed by atoms with E-state index in [9.17, 15) is 28.7 Å². The lowest BCUT2D eigenvalue weighted by molar-refractivity contribution is -0.142. The molecule has 0 saturated carbocycles. The van der Waals surface area contributed by atoms with Crippen LogP contribution in [0, 0.1) is 18.6 Å². The molecule has 0 unspecified atom stereocenters. The number of benzene rings is 2. The van der Waals surface area contributed by atoms with Crippen molar-refractivity contribution in [2.75, 3.05) is 37.4 Å². The summed E-state index contributed by atoms with van der Waals surface area (Å²) in [5.74, 6) is -3.92. The number of anilines is 2. The number of pyridine rings is 1. The molecule has 3 aromatic rings. The minimum Gasteiger partial charge on any atom is -0.477 e. The number of halogens is 3. The number of rotatable bonds is 7. The van der Waals surface area contributed by atoms with Crippen molar-refractivity contribution in [1.29, 1.82) is 0 Å². The molecule has 2 heterocycles. The second-order valence-electron chi connectivity index (χ2n) is 9.52. The monoisotopic (exact) mass is 592 g/mol. The van der Waals surface area contributed by atoms with E-state index in [1.54, 1.807) is 18.9 Å². The Kier molecular flexibility index (Phi) is 8.11. The van der Waals surface area contributed by atoms with Gasteiger partial charge in [0.15, 0.2) is 5.82 Å². The Morgan fingerprint density at radius 3 is 2.46 bits per heavy atom. The predicted octanol–water partition coefficient (Wildman–Crippen LogP) is 3.85. The van der Waals surface area contributed by atoms with Gasteiger partial charge in [0.25, 0.3) is 0 Å². The standard InChI is InChI=1S/C27H27ClF2N4O7/c1-5-40-27(39)32(4)15-8-33(9-15)24-21(28)23-20(12(2)22(24)30)25(36)16(26(37)38)10-34(23)19-7-18(31)17(29)6-14(19)11-41-13(3)35/h6-7,10,15H,5,8-9,11,31H2,1-4H3,(H,37,38). The van der Waals surface area contributed by atoms with Gasteiger partial charge in [-0.1, -0.05) is 11.6 Å². The van der Waals surface area contributed by atoms with Crippen molar-refractivity contribution >= 4 is 51.9 Å². The van der Waals surface area contributed by atoms with Crippen molar-refractivity contribution < 1.29 is 37.7 Å². The van der Waals surface area contributed by atoms with Gasteiger partial charge in [0.05, 0.1) is 45.6 Å². The molecule has 0 atom stereocenters. The summed E-state index contributed by atoms with van der Waals surface area (Å²) in [4.78, 5) is 51.9. The summed E-state index contributed by atoms with van der Waals surface area (Å²) in [5, 5.41) is 9.25. The first-order valence-corrected chi connectivity index (χ1v) is 12.8. The van der Waals surface area contributed by atoms with Gasteiger partial charge in [0.1, 0.15) is 18.0 Å². The van der Waals surface area contributed by atoms with E-state index in [2.05, 4.69) is 0 Å². The molecule has 0 radical (unpaired) electrons. The molecule has 218 valence electrons. The van der Waals surface area contributed by atoms with Crippen LogP contribution in [0.25, 0.3) is 16.6 Å². The third-order valence-electron chi connectivity index (χ3n) is 6.94. The van der Waals surface area contributed by atoms with E-state index < -0.39 is 47.3 Å². The van der Waals surface area contributed by atoms with Crippen LogP contribution in [0.5, 0.6) is 0 Å². The molecule has 1 aliphatic rings. The molecule has 41 heavy (non-hydrogen) atoms. The third-order valence-corrected chi connectivity index (χ3v) is 7.29. The normalized spacial score (nSPS) is 13.2. The number of fused-ring (bicyclic) bond motifs is 1. The van der Waals surface area contributed by atoms with E-state index in [1.165, 1.54) is 22.5 Å². The van der Waals surface area contributed by atoms with Crippen LogP contribution < -0.4 is 16.1 Å². The number of nitrogens with two attached hydrogens (primary N) is 1. The van der Waals surface area contributed by atoms with Crippen molar-refractivity contribution in [2.45, 2.75) is 33.4 Å². The van der Waals surface area contributed by atoms with Crippen LogP contribution in [-0.2, 0) is 20.9 Å². The van der Waals surface area contributed by atoms with Crippen molar-refractivity contribution in [3.05, 3.63) is 61.9 Å². The fraction of sp³-hybridized carbons (Fsp3) is 0.333. The average molecular weight is 593 g/mol. The minimum absolute atomic E-state index is 0.0556. The van der Waals surface area contributed by atoms with Gasteiger partial charge in [0, 0.05) is 44.4 Å². The molecule has 1 fully saturated rings. The summed E-state index contributed by atoms with van der Waals surface area (Å²) in [6, 6.07) is 1.87.